The molecular weight excluding hydrogens is 418 g/mol. The van der Waals surface area contributed by atoms with E-state index >= 15 is 0 Å². The number of nitrogens with zero attached hydrogens (tertiary/aromatic N) is 3. The van der Waals surface area contributed by atoms with Gasteiger partial charge in [0.15, 0.2) is 0 Å². The zero-order valence-corrected chi connectivity index (χ0v) is 19.6. The van der Waals surface area contributed by atoms with Gasteiger partial charge in [-0.1, -0.05) is 49.1 Å². The summed E-state index contributed by atoms with van der Waals surface area (Å²) < 4.78 is 6.17. The smallest absolute Gasteiger partial charge is 0.259 e. The van der Waals surface area contributed by atoms with Gasteiger partial charge in [0, 0.05) is 44.6 Å². The summed E-state index contributed by atoms with van der Waals surface area (Å²) in [5.74, 6) is 6.03. The number of aromatic nitrogens is 1. The van der Waals surface area contributed by atoms with E-state index in [1.54, 1.807) is 36.0 Å². The number of benzene rings is 1. The number of ether oxygens (including phenoxy) is 1. The molecule has 1 aliphatic heterocycles. The second-order valence-electron chi connectivity index (χ2n) is 8.56. The molecule has 0 fully saturated rings. The standard InChI is InChI=1S/C26H31N3O4/c1-18-15-29(19(2)17-30)26(32)23-13-22(12-8-11-21-9-6-5-7-10-21)14-27-25(23)33-24(18)16-28(4)20(3)31/h5-7,9-10,13-14,18-19,24,30H,11,15-17H2,1-4H3/t18-,19+,24+/m1/s1. The molecule has 0 saturated heterocycles. The van der Waals surface area contributed by atoms with E-state index in [2.05, 4.69) is 16.8 Å². The van der Waals surface area contributed by atoms with Gasteiger partial charge in [0.05, 0.1) is 19.2 Å². The summed E-state index contributed by atoms with van der Waals surface area (Å²) in [7, 11) is 1.72. The van der Waals surface area contributed by atoms with Crippen molar-refractivity contribution in [3.8, 4) is 17.7 Å². The van der Waals surface area contributed by atoms with Crippen LogP contribution in [0.5, 0.6) is 5.88 Å². The summed E-state index contributed by atoms with van der Waals surface area (Å²) in [6, 6.07) is 11.3. The van der Waals surface area contributed by atoms with Crippen LogP contribution < -0.4 is 4.74 Å². The van der Waals surface area contributed by atoms with Gasteiger partial charge in [0.25, 0.3) is 5.91 Å². The Morgan fingerprint density at radius 1 is 1.36 bits per heavy atom. The Balaban J connectivity index is 1.94. The number of carbonyl (C=O) groups excluding carboxylic acids is 2. The monoisotopic (exact) mass is 449 g/mol. The lowest BCUT2D eigenvalue weighted by atomic mass is 10.00. The number of hydrogen-bond donors (Lipinski definition) is 1. The van der Waals surface area contributed by atoms with Crippen LogP contribution in [0.4, 0.5) is 0 Å². The summed E-state index contributed by atoms with van der Waals surface area (Å²) in [6.07, 6.45) is 1.83. The first-order valence-corrected chi connectivity index (χ1v) is 11.1. The Morgan fingerprint density at radius 2 is 2.09 bits per heavy atom. The van der Waals surface area contributed by atoms with Crippen molar-refractivity contribution in [2.75, 3.05) is 26.7 Å². The lowest BCUT2D eigenvalue weighted by Gasteiger charge is -2.37. The first kappa shape index (κ1) is 24.3. The van der Waals surface area contributed by atoms with E-state index in [9.17, 15) is 14.7 Å². The van der Waals surface area contributed by atoms with Crippen molar-refractivity contribution in [1.29, 1.82) is 0 Å². The fraction of sp³-hybridized carbons (Fsp3) is 0.423. The predicted molar refractivity (Wildman–Crippen MR) is 126 cm³/mol. The van der Waals surface area contributed by atoms with Crippen LogP contribution in [0.15, 0.2) is 42.6 Å². The Labute approximate surface area is 195 Å². The zero-order valence-electron chi connectivity index (χ0n) is 19.6. The lowest BCUT2D eigenvalue weighted by molar-refractivity contribution is -0.129. The van der Waals surface area contributed by atoms with E-state index < -0.39 is 0 Å². The number of aliphatic hydroxyl groups excluding tert-OH is 1. The third kappa shape index (κ3) is 6.11. The van der Waals surface area contributed by atoms with Crippen LogP contribution in [-0.2, 0) is 11.2 Å². The largest absolute Gasteiger partial charge is 0.472 e. The number of fused-ring (bicyclic) bond motifs is 1. The number of amides is 2. The molecule has 7 heteroatoms. The molecule has 0 bridgehead atoms. The maximum atomic E-state index is 13.4. The maximum absolute atomic E-state index is 13.4. The Bertz CT molecular complexity index is 1040. The topological polar surface area (TPSA) is 83.0 Å². The SMILES string of the molecule is CC(=O)N(C)C[C@@H]1Oc2ncc(C#CCc3ccccc3)cc2C(=O)N([C@@H](C)CO)C[C@H]1C. The quantitative estimate of drug-likeness (QED) is 0.709. The molecule has 3 atom stereocenters. The fourth-order valence-electron chi connectivity index (χ4n) is 3.63. The highest BCUT2D eigenvalue weighted by atomic mass is 16.5. The molecule has 2 aromatic rings. The first-order chi connectivity index (χ1) is 15.8. The minimum atomic E-state index is -0.370. The average Bonchev–Trinajstić information content (AvgIpc) is 2.81. The van der Waals surface area contributed by atoms with Gasteiger partial charge >= 0.3 is 0 Å². The van der Waals surface area contributed by atoms with E-state index in [0.717, 1.165) is 5.56 Å². The Morgan fingerprint density at radius 3 is 2.76 bits per heavy atom. The van der Waals surface area contributed by atoms with Gasteiger partial charge in [0.1, 0.15) is 11.7 Å². The molecule has 0 unspecified atom stereocenters. The van der Waals surface area contributed by atoms with Crippen LogP contribution in [0.3, 0.4) is 0 Å². The molecule has 7 nitrogen and oxygen atoms in total. The minimum absolute atomic E-state index is 0.0678. The van der Waals surface area contributed by atoms with Crippen LogP contribution in [0, 0.1) is 17.8 Å². The molecule has 0 radical (unpaired) electrons. The molecule has 3 rings (SSSR count). The minimum Gasteiger partial charge on any atom is -0.472 e. The van der Waals surface area contributed by atoms with Crippen molar-refractivity contribution in [3.05, 3.63) is 59.3 Å². The molecular formula is C26H31N3O4. The van der Waals surface area contributed by atoms with Crippen LogP contribution >= 0.6 is 0 Å². The van der Waals surface area contributed by atoms with Gasteiger partial charge < -0.3 is 19.6 Å². The van der Waals surface area contributed by atoms with Crippen LogP contribution in [0.1, 0.15) is 42.3 Å². The molecule has 1 N–H and O–H groups in total. The molecule has 1 aromatic heterocycles. The second kappa shape index (κ2) is 11.0. The lowest BCUT2D eigenvalue weighted by Crippen LogP contribution is -2.50. The van der Waals surface area contributed by atoms with Gasteiger partial charge in [-0.3, -0.25) is 9.59 Å². The van der Waals surface area contributed by atoms with E-state index in [4.69, 9.17) is 4.74 Å². The highest BCUT2D eigenvalue weighted by molar-refractivity contribution is 5.97. The number of hydrogen-bond acceptors (Lipinski definition) is 5. The molecule has 1 aromatic carbocycles. The van der Waals surface area contributed by atoms with Crippen molar-refractivity contribution >= 4 is 11.8 Å². The van der Waals surface area contributed by atoms with Gasteiger partial charge in [-0.25, -0.2) is 4.98 Å². The predicted octanol–water partition coefficient (Wildman–Crippen LogP) is 2.37. The fourth-order valence-corrected chi connectivity index (χ4v) is 3.63. The molecule has 1 aliphatic rings. The molecule has 2 amide bonds. The third-order valence-corrected chi connectivity index (χ3v) is 5.88. The van der Waals surface area contributed by atoms with Gasteiger partial charge in [0.2, 0.25) is 11.8 Å². The van der Waals surface area contributed by atoms with Gasteiger partial charge in [-0.15, -0.1) is 0 Å². The number of carbonyl (C=O) groups is 2. The summed E-state index contributed by atoms with van der Waals surface area (Å²) in [6.45, 7) is 5.88. The van der Waals surface area contributed by atoms with E-state index in [1.807, 2.05) is 37.3 Å². The summed E-state index contributed by atoms with van der Waals surface area (Å²) in [5.41, 5.74) is 2.03. The Kier molecular flexibility index (Phi) is 8.07. The summed E-state index contributed by atoms with van der Waals surface area (Å²) >= 11 is 0. The molecule has 0 saturated carbocycles. The summed E-state index contributed by atoms with van der Waals surface area (Å²) in [5, 5.41) is 9.75. The molecule has 33 heavy (non-hydrogen) atoms. The van der Waals surface area contributed by atoms with Crippen LogP contribution in [0.25, 0.3) is 0 Å². The van der Waals surface area contributed by atoms with E-state index in [-0.39, 0.29) is 42.4 Å². The normalized spacial score (nSPS) is 18.7. The molecule has 2 heterocycles. The number of likely N-dealkylation sites (N-methyl/N-ethyl adjacent to an activating group) is 1. The second-order valence-corrected chi connectivity index (χ2v) is 8.56. The third-order valence-electron chi connectivity index (χ3n) is 5.88. The summed E-state index contributed by atoms with van der Waals surface area (Å²) in [4.78, 5) is 32.8. The molecule has 0 spiro atoms. The number of pyridine rings is 1. The zero-order chi connectivity index (χ0) is 24.0. The van der Waals surface area contributed by atoms with E-state index in [1.165, 1.54) is 6.92 Å². The first-order valence-electron chi connectivity index (χ1n) is 11.1. The van der Waals surface area contributed by atoms with Gasteiger partial charge in [-0.05, 0) is 18.6 Å². The van der Waals surface area contributed by atoms with Crippen LogP contribution in [-0.4, -0.2) is 70.6 Å². The van der Waals surface area contributed by atoms with E-state index in [0.29, 0.717) is 30.6 Å². The van der Waals surface area contributed by atoms with Crippen molar-refractivity contribution in [3.63, 3.8) is 0 Å². The number of rotatable bonds is 5. The molecule has 0 aliphatic carbocycles. The van der Waals surface area contributed by atoms with Crippen molar-refractivity contribution < 1.29 is 19.4 Å². The number of aliphatic hydroxyl groups is 1. The van der Waals surface area contributed by atoms with Gasteiger partial charge in [-0.2, -0.15) is 0 Å². The highest BCUT2D eigenvalue weighted by Gasteiger charge is 2.34. The average molecular weight is 450 g/mol. The highest BCUT2D eigenvalue weighted by Crippen LogP contribution is 2.27. The Hall–Kier alpha value is -3.37. The van der Waals surface area contributed by atoms with Crippen molar-refractivity contribution in [2.24, 2.45) is 5.92 Å². The van der Waals surface area contributed by atoms with Crippen LogP contribution in [0.2, 0.25) is 0 Å². The van der Waals surface area contributed by atoms with Crippen molar-refractivity contribution in [2.45, 2.75) is 39.3 Å². The van der Waals surface area contributed by atoms with Crippen molar-refractivity contribution in [1.82, 2.24) is 14.8 Å². The maximum Gasteiger partial charge on any atom is 0.259 e. The molecule has 174 valence electrons.